The second kappa shape index (κ2) is 14.0. The zero-order valence-corrected chi connectivity index (χ0v) is 17.4. The summed E-state index contributed by atoms with van der Waals surface area (Å²) in [6.07, 6.45) is 3.36. The average molecular weight is 393 g/mol. The summed E-state index contributed by atoms with van der Waals surface area (Å²) in [5.74, 6) is 0.319. The number of nitrogens with one attached hydrogen (secondary N) is 2. The maximum atomic E-state index is 12.2. The van der Waals surface area contributed by atoms with Gasteiger partial charge in [0, 0.05) is 13.0 Å². The van der Waals surface area contributed by atoms with Crippen molar-refractivity contribution in [2.75, 3.05) is 13.2 Å². The summed E-state index contributed by atoms with van der Waals surface area (Å²) in [5.41, 5.74) is 0.806. The van der Waals surface area contributed by atoms with Crippen LogP contribution in [0.1, 0.15) is 71.0 Å². The van der Waals surface area contributed by atoms with Crippen LogP contribution >= 0.6 is 0 Å². The van der Waals surface area contributed by atoms with Gasteiger partial charge in [-0.25, -0.2) is 4.79 Å². The maximum Gasteiger partial charge on any atom is 0.407 e. The Morgan fingerprint density at radius 3 is 2.43 bits per heavy atom. The van der Waals surface area contributed by atoms with Crippen molar-refractivity contribution >= 4 is 12.0 Å². The van der Waals surface area contributed by atoms with E-state index in [0.29, 0.717) is 31.9 Å². The number of amides is 2. The van der Waals surface area contributed by atoms with E-state index in [1.807, 2.05) is 44.2 Å². The van der Waals surface area contributed by atoms with Crippen molar-refractivity contribution in [2.24, 2.45) is 5.92 Å². The largest absolute Gasteiger partial charge is 0.449 e. The molecule has 0 spiro atoms. The fraction of sp³-hybridized carbons (Fsp3) is 0.636. The van der Waals surface area contributed by atoms with Crippen LogP contribution in [0.5, 0.6) is 0 Å². The van der Waals surface area contributed by atoms with Gasteiger partial charge in [0.2, 0.25) is 5.91 Å². The molecule has 6 nitrogen and oxygen atoms in total. The Morgan fingerprint density at radius 1 is 1.07 bits per heavy atom. The van der Waals surface area contributed by atoms with Crippen LogP contribution in [0.4, 0.5) is 4.79 Å². The van der Waals surface area contributed by atoms with Crippen LogP contribution < -0.4 is 10.6 Å². The molecule has 0 saturated heterocycles. The standard InChI is InChI=1S/C22H36N2O4/c1-4-17(3)16-28-22(27)23-15-11-7-10-14-20(25)24-19(5-2)21(26)18-12-8-6-9-13-18/h6,8-9,12-13,17,19,21,26H,4-5,7,10-11,14-16H2,1-3H3,(H,23,27)(H,24,25). The van der Waals surface area contributed by atoms with E-state index in [2.05, 4.69) is 17.6 Å². The first-order valence-corrected chi connectivity index (χ1v) is 10.4. The van der Waals surface area contributed by atoms with E-state index in [0.717, 1.165) is 31.2 Å². The lowest BCUT2D eigenvalue weighted by Gasteiger charge is -2.23. The minimum Gasteiger partial charge on any atom is -0.449 e. The predicted molar refractivity (Wildman–Crippen MR) is 111 cm³/mol. The molecule has 158 valence electrons. The van der Waals surface area contributed by atoms with Crippen LogP contribution in [0, 0.1) is 5.92 Å². The summed E-state index contributed by atoms with van der Waals surface area (Å²) in [6.45, 7) is 7.04. The van der Waals surface area contributed by atoms with Crippen molar-refractivity contribution in [1.29, 1.82) is 0 Å². The minimum absolute atomic E-state index is 0.0530. The van der Waals surface area contributed by atoms with Gasteiger partial charge in [-0.1, -0.05) is 63.9 Å². The van der Waals surface area contributed by atoms with E-state index in [1.165, 1.54) is 0 Å². The minimum atomic E-state index is -0.708. The van der Waals surface area contributed by atoms with E-state index in [9.17, 15) is 14.7 Å². The molecule has 0 bridgehead atoms. The Kier molecular flexibility index (Phi) is 12.0. The molecule has 0 aliphatic rings. The highest BCUT2D eigenvalue weighted by Gasteiger charge is 2.20. The number of aliphatic hydroxyl groups excluding tert-OH is 1. The molecule has 3 unspecified atom stereocenters. The molecule has 3 atom stereocenters. The lowest BCUT2D eigenvalue weighted by molar-refractivity contribution is -0.122. The fourth-order valence-corrected chi connectivity index (χ4v) is 2.73. The first kappa shape index (κ1) is 24.0. The van der Waals surface area contributed by atoms with Crippen molar-refractivity contribution in [2.45, 2.75) is 71.4 Å². The average Bonchev–Trinajstić information content (AvgIpc) is 2.72. The zero-order valence-electron chi connectivity index (χ0n) is 17.4. The second-order valence-corrected chi connectivity index (χ2v) is 7.29. The van der Waals surface area contributed by atoms with E-state index >= 15 is 0 Å². The van der Waals surface area contributed by atoms with Crippen molar-refractivity contribution < 1.29 is 19.4 Å². The third-order valence-electron chi connectivity index (χ3n) is 4.85. The van der Waals surface area contributed by atoms with Gasteiger partial charge in [0.25, 0.3) is 0 Å². The molecule has 0 aromatic heterocycles. The molecule has 3 N–H and O–H groups in total. The van der Waals surface area contributed by atoms with Gasteiger partial charge in [0.15, 0.2) is 0 Å². The van der Waals surface area contributed by atoms with E-state index < -0.39 is 6.10 Å². The predicted octanol–water partition coefficient (Wildman–Crippen LogP) is 3.95. The van der Waals surface area contributed by atoms with Crippen LogP contribution in [0.2, 0.25) is 0 Å². The monoisotopic (exact) mass is 392 g/mol. The zero-order chi connectivity index (χ0) is 20.8. The third kappa shape index (κ3) is 9.74. The molecule has 2 amide bonds. The number of hydrogen-bond donors (Lipinski definition) is 3. The normalized spacial score (nSPS) is 14.0. The summed E-state index contributed by atoms with van der Waals surface area (Å²) < 4.78 is 5.12. The van der Waals surface area contributed by atoms with Crippen LogP contribution in [0.3, 0.4) is 0 Å². The van der Waals surface area contributed by atoms with Gasteiger partial charge in [0.05, 0.1) is 18.8 Å². The SMILES string of the molecule is CCC(C)COC(=O)NCCCCCC(=O)NC(CC)C(O)c1ccccc1. The number of rotatable bonds is 13. The highest BCUT2D eigenvalue weighted by atomic mass is 16.5. The molecular formula is C22H36N2O4. The Morgan fingerprint density at radius 2 is 1.79 bits per heavy atom. The quantitative estimate of drug-likeness (QED) is 0.444. The lowest BCUT2D eigenvalue weighted by Crippen LogP contribution is -2.38. The van der Waals surface area contributed by atoms with Gasteiger partial charge in [-0.15, -0.1) is 0 Å². The van der Waals surface area contributed by atoms with Crippen molar-refractivity contribution in [3.8, 4) is 0 Å². The van der Waals surface area contributed by atoms with Crippen molar-refractivity contribution in [3.05, 3.63) is 35.9 Å². The number of alkyl carbamates (subject to hydrolysis) is 1. The molecule has 0 fully saturated rings. The molecule has 1 aromatic carbocycles. The van der Waals surface area contributed by atoms with Gasteiger partial charge in [0.1, 0.15) is 0 Å². The molecule has 0 aliphatic carbocycles. The highest BCUT2D eigenvalue weighted by molar-refractivity contribution is 5.76. The lowest BCUT2D eigenvalue weighted by atomic mass is 10.00. The first-order valence-electron chi connectivity index (χ1n) is 10.4. The summed E-state index contributed by atoms with van der Waals surface area (Å²) in [6, 6.07) is 9.08. The van der Waals surface area contributed by atoms with Crippen molar-refractivity contribution in [3.63, 3.8) is 0 Å². The van der Waals surface area contributed by atoms with Gasteiger partial charge < -0.3 is 20.5 Å². The number of ether oxygens (including phenoxy) is 1. The third-order valence-corrected chi connectivity index (χ3v) is 4.85. The Labute approximate surface area is 169 Å². The molecule has 1 rings (SSSR count). The number of aliphatic hydroxyl groups is 1. The number of hydrogen-bond acceptors (Lipinski definition) is 4. The summed E-state index contributed by atoms with van der Waals surface area (Å²) in [4.78, 5) is 23.7. The summed E-state index contributed by atoms with van der Waals surface area (Å²) >= 11 is 0. The fourth-order valence-electron chi connectivity index (χ4n) is 2.73. The van der Waals surface area contributed by atoms with Crippen LogP contribution in [-0.4, -0.2) is 36.3 Å². The van der Waals surface area contributed by atoms with E-state index in [1.54, 1.807) is 0 Å². The molecule has 6 heteroatoms. The number of carbonyl (C=O) groups excluding carboxylic acids is 2. The molecule has 0 heterocycles. The van der Waals surface area contributed by atoms with E-state index in [4.69, 9.17) is 4.74 Å². The van der Waals surface area contributed by atoms with Gasteiger partial charge >= 0.3 is 6.09 Å². The Balaban J connectivity index is 2.16. The Hall–Kier alpha value is -2.08. The molecule has 1 aromatic rings. The van der Waals surface area contributed by atoms with Gasteiger partial charge in [-0.3, -0.25) is 4.79 Å². The van der Waals surface area contributed by atoms with Crippen LogP contribution in [0.15, 0.2) is 30.3 Å². The van der Waals surface area contributed by atoms with Gasteiger partial charge in [-0.2, -0.15) is 0 Å². The second-order valence-electron chi connectivity index (χ2n) is 7.29. The summed E-state index contributed by atoms with van der Waals surface area (Å²) in [5, 5.41) is 16.1. The maximum absolute atomic E-state index is 12.2. The smallest absolute Gasteiger partial charge is 0.407 e. The molecule has 0 aliphatic heterocycles. The number of carbonyl (C=O) groups is 2. The van der Waals surface area contributed by atoms with Crippen LogP contribution in [-0.2, 0) is 9.53 Å². The highest BCUT2D eigenvalue weighted by Crippen LogP contribution is 2.18. The number of benzene rings is 1. The Bertz CT molecular complexity index is 565. The molecular weight excluding hydrogens is 356 g/mol. The topological polar surface area (TPSA) is 87.7 Å². The van der Waals surface area contributed by atoms with Crippen LogP contribution in [0.25, 0.3) is 0 Å². The summed E-state index contributed by atoms with van der Waals surface area (Å²) in [7, 11) is 0. The van der Waals surface area contributed by atoms with Gasteiger partial charge in [-0.05, 0) is 30.7 Å². The molecule has 28 heavy (non-hydrogen) atoms. The number of unbranched alkanes of at least 4 members (excludes halogenated alkanes) is 2. The molecule has 0 radical (unpaired) electrons. The van der Waals surface area contributed by atoms with E-state index in [-0.39, 0.29) is 18.0 Å². The first-order chi connectivity index (χ1) is 13.5. The molecule has 0 saturated carbocycles. The van der Waals surface area contributed by atoms with Crippen molar-refractivity contribution in [1.82, 2.24) is 10.6 Å².